The molecule has 3 saturated carbocycles. The maximum Gasteiger partial charge on any atom is 0.508 e. The van der Waals surface area contributed by atoms with E-state index in [1.54, 1.807) is 5.57 Å². The predicted octanol–water partition coefficient (Wildman–Crippen LogP) is 8.18. The monoisotopic (exact) mass is 444 g/mol. The van der Waals surface area contributed by atoms with Gasteiger partial charge in [-0.1, -0.05) is 65.5 Å². The van der Waals surface area contributed by atoms with Gasteiger partial charge in [-0.15, -0.1) is 0 Å². The average Bonchev–Trinajstić information content (AvgIpc) is 3.11. The highest BCUT2D eigenvalue weighted by Crippen LogP contribution is 2.67. The zero-order valence-corrected chi connectivity index (χ0v) is 21.6. The van der Waals surface area contributed by atoms with Gasteiger partial charge in [0.2, 0.25) is 0 Å². The van der Waals surface area contributed by atoms with E-state index in [1.165, 1.54) is 58.5 Å². The summed E-state index contributed by atoms with van der Waals surface area (Å²) < 4.78 is 10.3. The molecule has 3 fully saturated rings. The first-order chi connectivity index (χ1) is 15.2. The Morgan fingerprint density at radius 1 is 1.06 bits per heavy atom. The van der Waals surface area contributed by atoms with Gasteiger partial charge in [-0.25, -0.2) is 4.79 Å². The molecule has 0 bridgehead atoms. The summed E-state index contributed by atoms with van der Waals surface area (Å²) in [6.45, 7) is 12.5. The molecule has 0 heterocycles. The summed E-state index contributed by atoms with van der Waals surface area (Å²) in [5.41, 5.74) is 2.42. The molecule has 0 amide bonds. The van der Waals surface area contributed by atoms with E-state index in [0.717, 1.165) is 54.8 Å². The van der Waals surface area contributed by atoms with Crippen molar-refractivity contribution in [2.45, 2.75) is 111 Å². The van der Waals surface area contributed by atoms with Crippen LogP contribution in [0.15, 0.2) is 11.6 Å². The summed E-state index contributed by atoms with van der Waals surface area (Å²) in [4.78, 5) is 11.6. The van der Waals surface area contributed by atoms with Gasteiger partial charge in [-0.2, -0.15) is 0 Å². The Labute approximate surface area is 197 Å². The van der Waals surface area contributed by atoms with E-state index in [0.29, 0.717) is 10.8 Å². The molecule has 182 valence electrons. The number of carbonyl (C=O) groups excluding carboxylic acids is 1. The van der Waals surface area contributed by atoms with Gasteiger partial charge in [0.1, 0.15) is 6.10 Å². The number of rotatable bonds is 6. The maximum absolute atomic E-state index is 11.6. The molecule has 3 heteroatoms. The van der Waals surface area contributed by atoms with Crippen LogP contribution in [0.3, 0.4) is 0 Å². The second-order valence-corrected chi connectivity index (χ2v) is 12.7. The molecule has 0 radical (unpaired) electrons. The molecule has 0 aliphatic heterocycles. The lowest BCUT2D eigenvalue weighted by atomic mass is 9.47. The van der Waals surface area contributed by atoms with Crippen LogP contribution >= 0.6 is 0 Å². The minimum Gasteiger partial charge on any atom is -0.438 e. The van der Waals surface area contributed by atoms with Crippen LogP contribution in [-0.4, -0.2) is 19.4 Å². The van der Waals surface area contributed by atoms with Crippen LogP contribution in [0.2, 0.25) is 0 Å². The molecule has 0 spiro atoms. The summed E-state index contributed by atoms with van der Waals surface area (Å²) in [6.07, 6.45) is 16.2. The standard InChI is InChI=1S/C29H48O3/c1-19(2)8-7-9-20(3)24-12-13-25-23-11-10-21-18-22(32-27(30)31-6)14-16-28(21,4)26(23)15-17-29(24,25)5/h10,19-20,22-26H,7-9,11-18H2,1-6H3/t20-,22-,23?,24?,25?,26?,28?,29?/m0/s1. The molecular weight excluding hydrogens is 396 g/mol. The number of methoxy groups -OCH3 is 1. The highest BCUT2D eigenvalue weighted by molar-refractivity contribution is 5.59. The van der Waals surface area contributed by atoms with Crippen molar-refractivity contribution < 1.29 is 14.3 Å². The molecule has 0 saturated heterocycles. The fraction of sp³-hybridized carbons (Fsp3) is 0.897. The van der Waals surface area contributed by atoms with Crippen molar-refractivity contribution in [3.8, 4) is 0 Å². The molecule has 0 aromatic rings. The van der Waals surface area contributed by atoms with Crippen LogP contribution < -0.4 is 0 Å². The number of carbonyl (C=O) groups is 1. The van der Waals surface area contributed by atoms with Crippen LogP contribution in [0.4, 0.5) is 4.79 Å². The van der Waals surface area contributed by atoms with Crippen molar-refractivity contribution in [1.29, 1.82) is 0 Å². The van der Waals surface area contributed by atoms with Gasteiger partial charge in [0.15, 0.2) is 0 Å². The van der Waals surface area contributed by atoms with E-state index in [9.17, 15) is 4.79 Å². The molecule has 4 rings (SSSR count). The van der Waals surface area contributed by atoms with Crippen molar-refractivity contribution >= 4 is 6.16 Å². The minimum atomic E-state index is -0.527. The summed E-state index contributed by atoms with van der Waals surface area (Å²) in [6, 6.07) is 0. The third-order valence-electron chi connectivity index (χ3n) is 10.7. The Hall–Kier alpha value is -0.990. The molecule has 0 aromatic heterocycles. The Morgan fingerprint density at radius 2 is 1.84 bits per heavy atom. The lowest BCUT2D eigenvalue weighted by Crippen LogP contribution is -2.51. The zero-order valence-electron chi connectivity index (χ0n) is 21.6. The van der Waals surface area contributed by atoms with Gasteiger partial charge in [-0.3, -0.25) is 0 Å². The summed E-state index contributed by atoms with van der Waals surface area (Å²) >= 11 is 0. The molecular formula is C29H48O3. The van der Waals surface area contributed by atoms with E-state index in [4.69, 9.17) is 9.47 Å². The summed E-state index contributed by atoms with van der Waals surface area (Å²) in [7, 11) is 1.40. The third-order valence-corrected chi connectivity index (χ3v) is 10.7. The van der Waals surface area contributed by atoms with Gasteiger partial charge in [0, 0.05) is 6.42 Å². The van der Waals surface area contributed by atoms with E-state index in [1.807, 2.05) is 0 Å². The smallest absolute Gasteiger partial charge is 0.438 e. The SMILES string of the molecule is COC(=O)O[C@H]1CCC2(C)C(=CCC3C2CCC2(C)C3CCC2[C@@H](C)CCCC(C)C)C1. The molecule has 3 nitrogen and oxygen atoms in total. The minimum absolute atomic E-state index is 0.00488. The summed E-state index contributed by atoms with van der Waals surface area (Å²) in [5.74, 6) is 5.20. The molecule has 0 N–H and O–H groups in total. The molecule has 6 unspecified atom stereocenters. The van der Waals surface area contributed by atoms with E-state index in [-0.39, 0.29) is 6.10 Å². The predicted molar refractivity (Wildman–Crippen MR) is 130 cm³/mol. The van der Waals surface area contributed by atoms with Crippen molar-refractivity contribution in [1.82, 2.24) is 0 Å². The number of hydrogen-bond acceptors (Lipinski definition) is 3. The number of ether oxygens (including phenoxy) is 2. The van der Waals surface area contributed by atoms with Crippen molar-refractivity contribution in [2.75, 3.05) is 7.11 Å². The molecule has 32 heavy (non-hydrogen) atoms. The quantitative estimate of drug-likeness (QED) is 0.306. The van der Waals surface area contributed by atoms with E-state index >= 15 is 0 Å². The summed E-state index contributed by atoms with van der Waals surface area (Å²) in [5, 5.41) is 0. The number of hydrogen-bond donors (Lipinski definition) is 0. The highest BCUT2D eigenvalue weighted by atomic mass is 16.7. The van der Waals surface area contributed by atoms with Gasteiger partial charge < -0.3 is 9.47 Å². The van der Waals surface area contributed by atoms with Crippen LogP contribution in [0.25, 0.3) is 0 Å². The lowest BCUT2D eigenvalue weighted by molar-refractivity contribution is -0.0608. The zero-order chi connectivity index (χ0) is 23.1. The second kappa shape index (κ2) is 9.34. The second-order valence-electron chi connectivity index (χ2n) is 12.7. The normalized spacial score (nSPS) is 41.8. The maximum atomic E-state index is 11.6. The van der Waals surface area contributed by atoms with Gasteiger partial charge >= 0.3 is 6.16 Å². The van der Waals surface area contributed by atoms with Crippen molar-refractivity contribution in [2.24, 2.45) is 46.3 Å². The van der Waals surface area contributed by atoms with Crippen LogP contribution in [0.5, 0.6) is 0 Å². The molecule has 4 aliphatic rings. The fourth-order valence-electron chi connectivity index (χ4n) is 8.94. The first kappa shape index (κ1) is 24.1. The fourth-order valence-corrected chi connectivity index (χ4v) is 8.94. The molecule has 4 aliphatic carbocycles. The Morgan fingerprint density at radius 3 is 2.56 bits per heavy atom. The van der Waals surface area contributed by atoms with Gasteiger partial charge in [0.05, 0.1) is 7.11 Å². The Balaban J connectivity index is 1.45. The largest absolute Gasteiger partial charge is 0.508 e. The first-order valence-electron chi connectivity index (χ1n) is 13.6. The number of allylic oxidation sites excluding steroid dienone is 1. The Bertz CT molecular complexity index is 711. The first-order valence-corrected chi connectivity index (χ1v) is 13.6. The van der Waals surface area contributed by atoms with Crippen molar-refractivity contribution in [3.63, 3.8) is 0 Å². The lowest BCUT2D eigenvalue weighted by Gasteiger charge is -2.58. The van der Waals surface area contributed by atoms with Crippen LogP contribution in [0, 0.1) is 46.3 Å². The third kappa shape index (κ3) is 4.27. The number of fused-ring (bicyclic) bond motifs is 5. The topological polar surface area (TPSA) is 35.5 Å². The van der Waals surface area contributed by atoms with E-state index < -0.39 is 6.16 Å². The van der Waals surface area contributed by atoms with Gasteiger partial charge in [-0.05, 0) is 91.3 Å². The molecule has 0 aromatic carbocycles. The van der Waals surface area contributed by atoms with Crippen molar-refractivity contribution in [3.05, 3.63) is 11.6 Å². The Kier molecular flexibility index (Phi) is 7.04. The van der Waals surface area contributed by atoms with E-state index in [2.05, 4.69) is 40.7 Å². The van der Waals surface area contributed by atoms with Crippen LogP contribution in [-0.2, 0) is 9.47 Å². The van der Waals surface area contributed by atoms with Gasteiger partial charge in [0.25, 0.3) is 0 Å². The van der Waals surface area contributed by atoms with Crippen LogP contribution in [0.1, 0.15) is 105 Å². The average molecular weight is 445 g/mol. The highest BCUT2D eigenvalue weighted by Gasteiger charge is 2.59. The molecule has 8 atom stereocenters.